The molecule has 0 unspecified atom stereocenters. The van der Waals surface area contributed by atoms with Crippen LogP contribution in [0.3, 0.4) is 0 Å². The molecule has 0 atom stereocenters. The summed E-state index contributed by atoms with van der Waals surface area (Å²) in [5, 5.41) is 4.57. The van der Waals surface area contributed by atoms with Crippen LogP contribution in [0.2, 0.25) is 5.02 Å². The van der Waals surface area contributed by atoms with Crippen molar-refractivity contribution < 1.29 is 18.8 Å². The molecule has 1 fully saturated rings. The molecule has 0 saturated carbocycles. The van der Waals surface area contributed by atoms with Gasteiger partial charge in [0.05, 0.1) is 25.4 Å². The van der Waals surface area contributed by atoms with Gasteiger partial charge in [0, 0.05) is 30.1 Å². The molecule has 0 aliphatic carbocycles. The van der Waals surface area contributed by atoms with Crippen molar-refractivity contribution in [1.82, 2.24) is 15.0 Å². The molecular formula is C23H24ClN3O4. The van der Waals surface area contributed by atoms with Gasteiger partial charge in [0.15, 0.2) is 5.82 Å². The molecule has 2 heterocycles. The van der Waals surface area contributed by atoms with E-state index in [9.17, 15) is 4.79 Å². The second-order valence-electron chi connectivity index (χ2n) is 7.34. The number of hydrogen-bond acceptors (Lipinski definition) is 6. The van der Waals surface area contributed by atoms with Crippen LogP contribution in [0.25, 0.3) is 11.5 Å². The van der Waals surface area contributed by atoms with Crippen molar-refractivity contribution in [3.63, 3.8) is 0 Å². The van der Waals surface area contributed by atoms with Gasteiger partial charge in [0.2, 0.25) is 0 Å². The Kier molecular flexibility index (Phi) is 6.84. The van der Waals surface area contributed by atoms with Crippen molar-refractivity contribution in [2.75, 3.05) is 26.8 Å². The zero-order valence-electron chi connectivity index (χ0n) is 17.3. The number of likely N-dealkylation sites (tertiary alicyclic amines) is 1. The predicted octanol–water partition coefficient (Wildman–Crippen LogP) is 4.26. The number of nitrogens with zero attached hydrogens (tertiary/aromatic N) is 3. The molecular weight excluding hydrogens is 418 g/mol. The van der Waals surface area contributed by atoms with E-state index in [1.165, 1.54) is 7.11 Å². The highest BCUT2D eigenvalue weighted by molar-refractivity contribution is 6.30. The number of carbonyl (C=O) groups is 1. The van der Waals surface area contributed by atoms with Crippen molar-refractivity contribution in [2.45, 2.75) is 25.4 Å². The quantitative estimate of drug-likeness (QED) is 0.545. The molecule has 4 rings (SSSR count). The van der Waals surface area contributed by atoms with E-state index in [4.69, 9.17) is 25.6 Å². The summed E-state index contributed by atoms with van der Waals surface area (Å²) in [7, 11) is 1.54. The van der Waals surface area contributed by atoms with Gasteiger partial charge >= 0.3 is 0 Å². The molecule has 0 spiro atoms. The van der Waals surface area contributed by atoms with Crippen molar-refractivity contribution in [2.24, 2.45) is 0 Å². The third-order valence-corrected chi connectivity index (χ3v) is 5.53. The largest absolute Gasteiger partial charge is 0.496 e. The lowest BCUT2D eigenvalue weighted by Crippen LogP contribution is -2.41. The molecule has 1 aromatic heterocycles. The molecule has 1 aliphatic rings. The first-order chi connectivity index (χ1) is 15.1. The topological polar surface area (TPSA) is 77.7 Å². The minimum absolute atomic E-state index is 0.0489. The SMILES string of the molecule is COc1cc(Cl)ccc1C(=O)N1CCC(OCCc2noc(-c3ccccc3)n2)CC1. The molecule has 1 amide bonds. The Hall–Kier alpha value is -2.90. The van der Waals surface area contributed by atoms with E-state index in [1.807, 2.05) is 35.2 Å². The number of hydrogen-bond donors (Lipinski definition) is 0. The van der Waals surface area contributed by atoms with Gasteiger partial charge in [0.1, 0.15) is 5.75 Å². The Morgan fingerprint density at radius 1 is 1.19 bits per heavy atom. The third kappa shape index (κ3) is 5.24. The highest BCUT2D eigenvalue weighted by Crippen LogP contribution is 2.26. The Labute approximate surface area is 185 Å². The average Bonchev–Trinajstić information content (AvgIpc) is 3.28. The fourth-order valence-electron chi connectivity index (χ4n) is 3.61. The van der Waals surface area contributed by atoms with E-state index in [-0.39, 0.29) is 12.0 Å². The molecule has 7 nitrogen and oxygen atoms in total. The first kappa shape index (κ1) is 21.3. The number of halogens is 1. The summed E-state index contributed by atoms with van der Waals surface area (Å²) in [5.41, 5.74) is 1.43. The van der Waals surface area contributed by atoms with E-state index >= 15 is 0 Å². The van der Waals surface area contributed by atoms with E-state index in [0.717, 1.165) is 18.4 Å². The zero-order chi connectivity index (χ0) is 21.6. The van der Waals surface area contributed by atoms with E-state index in [1.54, 1.807) is 18.2 Å². The predicted molar refractivity (Wildman–Crippen MR) is 116 cm³/mol. The lowest BCUT2D eigenvalue weighted by Gasteiger charge is -2.32. The minimum atomic E-state index is -0.0489. The lowest BCUT2D eigenvalue weighted by molar-refractivity contribution is 0.00940. The Morgan fingerprint density at radius 3 is 2.71 bits per heavy atom. The molecule has 0 N–H and O–H groups in total. The van der Waals surface area contributed by atoms with Crippen LogP contribution in [0.5, 0.6) is 5.75 Å². The number of amides is 1. The number of piperidine rings is 1. The van der Waals surface area contributed by atoms with Gasteiger partial charge in [-0.3, -0.25) is 4.79 Å². The molecule has 1 saturated heterocycles. The summed E-state index contributed by atoms with van der Waals surface area (Å²) in [4.78, 5) is 19.1. The van der Waals surface area contributed by atoms with Crippen LogP contribution >= 0.6 is 11.6 Å². The summed E-state index contributed by atoms with van der Waals surface area (Å²) in [6.07, 6.45) is 2.25. The number of carbonyl (C=O) groups excluding carboxylic acids is 1. The third-order valence-electron chi connectivity index (χ3n) is 5.29. The van der Waals surface area contributed by atoms with Crippen LogP contribution in [0.1, 0.15) is 29.0 Å². The molecule has 162 valence electrons. The second kappa shape index (κ2) is 9.94. The van der Waals surface area contributed by atoms with Gasteiger partial charge in [-0.1, -0.05) is 35.0 Å². The highest BCUT2D eigenvalue weighted by atomic mass is 35.5. The fourth-order valence-corrected chi connectivity index (χ4v) is 3.77. The first-order valence-electron chi connectivity index (χ1n) is 10.3. The summed E-state index contributed by atoms with van der Waals surface area (Å²) in [5.74, 6) is 1.58. The maximum Gasteiger partial charge on any atom is 0.257 e. The Bertz CT molecular complexity index is 1020. The van der Waals surface area contributed by atoms with Crippen LogP contribution in [-0.2, 0) is 11.2 Å². The average molecular weight is 442 g/mol. The van der Waals surface area contributed by atoms with E-state index < -0.39 is 0 Å². The fraction of sp³-hybridized carbons (Fsp3) is 0.348. The van der Waals surface area contributed by atoms with E-state index in [0.29, 0.717) is 54.2 Å². The van der Waals surface area contributed by atoms with Gasteiger partial charge in [-0.25, -0.2) is 0 Å². The molecule has 31 heavy (non-hydrogen) atoms. The first-order valence-corrected chi connectivity index (χ1v) is 10.6. The van der Waals surface area contributed by atoms with Gasteiger partial charge in [-0.05, 0) is 43.2 Å². The normalized spacial score (nSPS) is 14.6. The van der Waals surface area contributed by atoms with Gasteiger partial charge in [0.25, 0.3) is 11.8 Å². The van der Waals surface area contributed by atoms with Crippen molar-refractivity contribution in [3.8, 4) is 17.2 Å². The molecule has 8 heteroatoms. The molecule has 0 radical (unpaired) electrons. The number of methoxy groups -OCH3 is 1. The maximum absolute atomic E-state index is 12.9. The number of rotatable bonds is 7. The minimum Gasteiger partial charge on any atom is -0.496 e. The smallest absolute Gasteiger partial charge is 0.257 e. The van der Waals surface area contributed by atoms with Crippen LogP contribution in [0.4, 0.5) is 0 Å². The Morgan fingerprint density at radius 2 is 1.97 bits per heavy atom. The van der Waals surface area contributed by atoms with Gasteiger partial charge < -0.3 is 18.9 Å². The molecule has 3 aromatic rings. The zero-order valence-corrected chi connectivity index (χ0v) is 18.0. The molecule has 1 aliphatic heterocycles. The van der Waals surface area contributed by atoms with Crippen LogP contribution in [-0.4, -0.2) is 53.9 Å². The number of ether oxygens (including phenoxy) is 2. The summed E-state index contributed by atoms with van der Waals surface area (Å²) >= 11 is 5.99. The van der Waals surface area contributed by atoms with Crippen molar-refractivity contribution in [1.29, 1.82) is 0 Å². The van der Waals surface area contributed by atoms with Crippen LogP contribution in [0, 0.1) is 0 Å². The van der Waals surface area contributed by atoms with Crippen molar-refractivity contribution in [3.05, 3.63) is 64.9 Å². The Balaban J connectivity index is 1.24. The monoisotopic (exact) mass is 441 g/mol. The summed E-state index contributed by atoms with van der Waals surface area (Å²) in [6.45, 7) is 1.78. The number of benzene rings is 2. The summed E-state index contributed by atoms with van der Waals surface area (Å²) < 4.78 is 16.6. The van der Waals surface area contributed by atoms with Crippen LogP contribution in [0.15, 0.2) is 53.1 Å². The van der Waals surface area contributed by atoms with Gasteiger partial charge in [-0.2, -0.15) is 4.98 Å². The van der Waals surface area contributed by atoms with Crippen molar-refractivity contribution >= 4 is 17.5 Å². The molecule has 2 aromatic carbocycles. The lowest BCUT2D eigenvalue weighted by atomic mass is 10.1. The number of aromatic nitrogens is 2. The molecule has 0 bridgehead atoms. The van der Waals surface area contributed by atoms with E-state index in [2.05, 4.69) is 10.1 Å². The highest BCUT2D eigenvalue weighted by Gasteiger charge is 2.26. The standard InChI is InChI=1S/C23H24ClN3O4/c1-29-20-15-17(24)7-8-19(20)23(28)27-12-9-18(10-13-27)30-14-11-21-25-22(31-26-21)16-5-3-2-4-6-16/h2-8,15,18H,9-14H2,1H3. The second-order valence-corrected chi connectivity index (χ2v) is 7.78. The van der Waals surface area contributed by atoms with Gasteiger partial charge in [-0.15, -0.1) is 0 Å². The van der Waals surface area contributed by atoms with Crippen LogP contribution < -0.4 is 4.74 Å². The maximum atomic E-state index is 12.9. The summed E-state index contributed by atoms with van der Waals surface area (Å²) in [6, 6.07) is 14.7.